The first-order valence-electron chi connectivity index (χ1n) is 8.06. The van der Waals surface area contributed by atoms with Gasteiger partial charge in [-0.25, -0.2) is 0 Å². The zero-order valence-electron chi connectivity index (χ0n) is 13.4. The summed E-state index contributed by atoms with van der Waals surface area (Å²) in [6.07, 6.45) is 5.05. The fourth-order valence-electron chi connectivity index (χ4n) is 3.33. The third kappa shape index (κ3) is 2.60. The van der Waals surface area contributed by atoms with Gasteiger partial charge in [-0.05, 0) is 56.4 Å². The summed E-state index contributed by atoms with van der Waals surface area (Å²) in [5.74, 6) is 0.873. The summed E-state index contributed by atoms with van der Waals surface area (Å²) in [6, 6.07) is 8.16. The zero-order chi connectivity index (χ0) is 16.0. The lowest BCUT2D eigenvalue weighted by atomic mass is 10.0. The van der Waals surface area contributed by atoms with Crippen molar-refractivity contribution >= 4 is 0 Å². The molecular weight excluding hydrogens is 292 g/mol. The van der Waals surface area contributed by atoms with Gasteiger partial charge in [0.2, 0.25) is 0 Å². The maximum absolute atomic E-state index is 11.3. The molecule has 4 rings (SSSR count). The molecule has 1 aromatic heterocycles. The Morgan fingerprint density at radius 2 is 2.09 bits per heavy atom. The molecule has 1 aliphatic carbocycles. The van der Waals surface area contributed by atoms with Crippen LogP contribution in [0.15, 0.2) is 35.3 Å². The number of aryl methyl sites for hydroxylation is 2. The van der Waals surface area contributed by atoms with Gasteiger partial charge >= 0.3 is 0 Å². The van der Waals surface area contributed by atoms with E-state index in [9.17, 15) is 4.79 Å². The van der Waals surface area contributed by atoms with Crippen LogP contribution in [0.25, 0.3) is 0 Å². The fraction of sp³-hybridized carbons (Fsp3) is 0.444. The Balaban J connectivity index is 1.53. The largest absolute Gasteiger partial charge is 0.484 e. The van der Waals surface area contributed by atoms with Gasteiger partial charge in [0.25, 0.3) is 11.6 Å². The molecule has 0 saturated heterocycles. The number of rotatable bonds is 3. The number of nitrogens with zero attached hydrogens (tertiary/aromatic N) is 2. The number of hydrogen-bond acceptors (Lipinski definition) is 4. The van der Waals surface area contributed by atoms with Gasteiger partial charge in [0.05, 0.1) is 6.54 Å². The van der Waals surface area contributed by atoms with E-state index in [2.05, 4.69) is 17.1 Å². The number of benzene rings is 1. The van der Waals surface area contributed by atoms with Crippen molar-refractivity contribution in [1.82, 2.24) is 9.55 Å². The van der Waals surface area contributed by atoms with Crippen LogP contribution in [0.5, 0.6) is 11.8 Å². The Hall–Kier alpha value is -2.30. The molecule has 120 valence electrons. The summed E-state index contributed by atoms with van der Waals surface area (Å²) >= 11 is 0. The highest BCUT2D eigenvalue weighted by Crippen LogP contribution is 2.31. The van der Waals surface area contributed by atoms with Gasteiger partial charge in [-0.2, -0.15) is 4.98 Å². The van der Waals surface area contributed by atoms with Crippen molar-refractivity contribution < 1.29 is 9.47 Å². The number of ether oxygens (including phenoxy) is 2. The van der Waals surface area contributed by atoms with Gasteiger partial charge in [0.1, 0.15) is 11.4 Å². The Bertz CT molecular complexity index is 810. The molecular formula is C18H20N2O3. The maximum atomic E-state index is 11.3. The first-order valence-corrected chi connectivity index (χ1v) is 8.06. The Morgan fingerprint density at radius 1 is 1.26 bits per heavy atom. The molecule has 2 heterocycles. The Labute approximate surface area is 134 Å². The van der Waals surface area contributed by atoms with E-state index >= 15 is 0 Å². The molecule has 5 nitrogen and oxygen atoms in total. The van der Waals surface area contributed by atoms with E-state index in [-0.39, 0.29) is 11.7 Å². The molecule has 0 spiro atoms. The van der Waals surface area contributed by atoms with Crippen LogP contribution >= 0.6 is 0 Å². The predicted octanol–water partition coefficient (Wildman–Crippen LogP) is 2.35. The van der Waals surface area contributed by atoms with E-state index < -0.39 is 5.60 Å². The normalized spacial score (nSPS) is 19.1. The molecule has 1 atom stereocenters. The Kier molecular flexibility index (Phi) is 3.18. The van der Waals surface area contributed by atoms with Gasteiger partial charge in [-0.1, -0.05) is 6.07 Å². The third-order valence-electron chi connectivity index (χ3n) is 4.69. The van der Waals surface area contributed by atoms with Gasteiger partial charge < -0.3 is 9.47 Å². The van der Waals surface area contributed by atoms with E-state index in [0.29, 0.717) is 12.6 Å². The van der Waals surface area contributed by atoms with Crippen molar-refractivity contribution in [2.45, 2.75) is 51.4 Å². The van der Waals surface area contributed by atoms with Gasteiger partial charge in [0, 0.05) is 12.3 Å². The van der Waals surface area contributed by atoms with E-state index in [4.69, 9.17) is 9.47 Å². The summed E-state index contributed by atoms with van der Waals surface area (Å²) < 4.78 is 13.9. The van der Waals surface area contributed by atoms with Crippen LogP contribution in [0.1, 0.15) is 31.4 Å². The summed E-state index contributed by atoms with van der Waals surface area (Å²) in [4.78, 5) is 15.3. The second-order valence-electron chi connectivity index (χ2n) is 6.80. The molecule has 0 N–H and O–H groups in total. The first-order chi connectivity index (χ1) is 11.0. The quantitative estimate of drug-likeness (QED) is 0.873. The zero-order valence-corrected chi connectivity index (χ0v) is 13.4. The highest BCUT2D eigenvalue weighted by Gasteiger charge is 2.39. The predicted molar refractivity (Wildman–Crippen MR) is 86.1 cm³/mol. The van der Waals surface area contributed by atoms with Crippen LogP contribution in [0.3, 0.4) is 0 Å². The lowest BCUT2D eigenvalue weighted by Gasteiger charge is -2.31. The standard InChI is InChI=1S/C18H20N2O3/c1-18(2,15-11-20-9-8-16(21)19-17(20)22-15)23-14-7-6-12-4-3-5-13(12)10-14/h6-10,15H,3-5,11H2,1-2H3. The van der Waals surface area contributed by atoms with Crippen molar-refractivity contribution in [1.29, 1.82) is 0 Å². The van der Waals surface area contributed by atoms with E-state index in [1.165, 1.54) is 30.0 Å². The summed E-state index contributed by atoms with van der Waals surface area (Å²) in [5.41, 5.74) is 2.02. The van der Waals surface area contributed by atoms with Crippen molar-refractivity contribution in [3.05, 3.63) is 51.9 Å². The second-order valence-corrected chi connectivity index (χ2v) is 6.80. The monoisotopic (exact) mass is 312 g/mol. The molecule has 1 aliphatic heterocycles. The lowest BCUT2D eigenvalue weighted by molar-refractivity contribution is -0.00463. The van der Waals surface area contributed by atoms with E-state index in [1.807, 2.05) is 24.5 Å². The summed E-state index contributed by atoms with van der Waals surface area (Å²) in [7, 11) is 0. The molecule has 2 aromatic rings. The molecule has 23 heavy (non-hydrogen) atoms. The minimum absolute atomic E-state index is 0.190. The van der Waals surface area contributed by atoms with Crippen molar-refractivity contribution in [2.75, 3.05) is 0 Å². The average molecular weight is 312 g/mol. The SMILES string of the molecule is CC(C)(Oc1ccc2c(c1)CCC2)C1Cn2ccc(=O)nc2O1. The molecule has 0 saturated carbocycles. The molecule has 5 heteroatoms. The highest BCUT2D eigenvalue weighted by molar-refractivity contribution is 5.38. The number of fused-ring (bicyclic) bond motifs is 2. The van der Waals surface area contributed by atoms with Crippen molar-refractivity contribution in [3.8, 4) is 11.8 Å². The first kappa shape index (κ1) is 14.3. The van der Waals surface area contributed by atoms with Crippen molar-refractivity contribution in [3.63, 3.8) is 0 Å². The fourth-order valence-corrected chi connectivity index (χ4v) is 3.33. The van der Waals surface area contributed by atoms with Crippen LogP contribution in [-0.2, 0) is 19.4 Å². The van der Waals surface area contributed by atoms with Crippen LogP contribution < -0.4 is 15.0 Å². The minimum Gasteiger partial charge on any atom is -0.484 e. The highest BCUT2D eigenvalue weighted by atomic mass is 16.6. The van der Waals surface area contributed by atoms with Crippen molar-refractivity contribution in [2.24, 2.45) is 0 Å². The third-order valence-corrected chi connectivity index (χ3v) is 4.69. The van der Waals surface area contributed by atoms with E-state index in [0.717, 1.165) is 12.2 Å². The van der Waals surface area contributed by atoms with Gasteiger partial charge in [-0.3, -0.25) is 9.36 Å². The smallest absolute Gasteiger partial charge is 0.300 e. The summed E-state index contributed by atoms with van der Waals surface area (Å²) in [5, 5.41) is 0. The molecule has 1 unspecified atom stereocenters. The van der Waals surface area contributed by atoms with Crippen LogP contribution in [0.4, 0.5) is 0 Å². The minimum atomic E-state index is -0.524. The molecule has 1 aromatic carbocycles. The average Bonchev–Trinajstić information content (AvgIpc) is 3.12. The van der Waals surface area contributed by atoms with Crippen LogP contribution in [0, 0.1) is 0 Å². The van der Waals surface area contributed by atoms with Gasteiger partial charge in [-0.15, -0.1) is 0 Å². The van der Waals surface area contributed by atoms with Gasteiger partial charge in [0.15, 0.2) is 6.10 Å². The Morgan fingerprint density at radius 3 is 2.96 bits per heavy atom. The maximum Gasteiger partial charge on any atom is 0.300 e. The molecule has 0 bridgehead atoms. The topological polar surface area (TPSA) is 53.4 Å². The lowest BCUT2D eigenvalue weighted by Crippen LogP contribution is -2.45. The molecule has 0 amide bonds. The number of aromatic nitrogens is 2. The van der Waals surface area contributed by atoms with Crippen LogP contribution in [-0.4, -0.2) is 21.3 Å². The van der Waals surface area contributed by atoms with E-state index in [1.54, 1.807) is 6.20 Å². The molecule has 0 fully saturated rings. The molecule has 0 radical (unpaired) electrons. The molecule has 2 aliphatic rings. The number of hydrogen-bond donors (Lipinski definition) is 0. The summed E-state index contributed by atoms with van der Waals surface area (Å²) in [6.45, 7) is 4.64. The van der Waals surface area contributed by atoms with Crippen LogP contribution in [0.2, 0.25) is 0 Å². The second kappa shape index (κ2) is 5.11.